The highest BCUT2D eigenvalue weighted by molar-refractivity contribution is 5.66. The Morgan fingerprint density at radius 3 is 2.71 bits per heavy atom. The molecule has 0 atom stereocenters. The van der Waals surface area contributed by atoms with Gasteiger partial charge in [-0.1, -0.05) is 0 Å². The van der Waals surface area contributed by atoms with Crippen LogP contribution >= 0.6 is 0 Å². The summed E-state index contributed by atoms with van der Waals surface area (Å²) in [6.07, 6.45) is 5.45. The van der Waals surface area contributed by atoms with Crippen molar-refractivity contribution in [1.29, 1.82) is 0 Å². The number of nitrogens with zero attached hydrogens (tertiary/aromatic N) is 4. The fourth-order valence-corrected chi connectivity index (χ4v) is 1.97. The average molecular weight is 290 g/mol. The average Bonchev–Trinajstić information content (AvgIpc) is 2.85. The summed E-state index contributed by atoms with van der Waals surface area (Å²) in [6.45, 7) is 0.340. The lowest BCUT2D eigenvalue weighted by molar-refractivity contribution is -0.137. The molecule has 0 fully saturated rings. The van der Waals surface area contributed by atoms with E-state index in [1.54, 1.807) is 19.5 Å². The van der Waals surface area contributed by atoms with Crippen molar-refractivity contribution in [1.82, 2.24) is 19.7 Å². The van der Waals surface area contributed by atoms with Crippen LogP contribution in [0.5, 0.6) is 0 Å². The molecule has 7 heteroatoms. The molecule has 0 saturated carbocycles. The van der Waals surface area contributed by atoms with Crippen molar-refractivity contribution >= 4 is 5.97 Å². The van der Waals surface area contributed by atoms with Crippen molar-refractivity contribution in [3.8, 4) is 0 Å². The maximum atomic E-state index is 10.9. The van der Waals surface area contributed by atoms with Gasteiger partial charge in [-0.3, -0.25) is 9.78 Å². The first kappa shape index (κ1) is 15.1. The summed E-state index contributed by atoms with van der Waals surface area (Å²) >= 11 is 0. The van der Waals surface area contributed by atoms with E-state index in [4.69, 9.17) is 9.84 Å². The quantitative estimate of drug-likeness (QED) is 0.771. The molecular formula is C14H18N4O3. The van der Waals surface area contributed by atoms with Crippen LogP contribution in [0.4, 0.5) is 0 Å². The second-order valence-electron chi connectivity index (χ2n) is 4.59. The molecule has 0 aliphatic rings. The second kappa shape index (κ2) is 7.49. The number of methoxy groups -OCH3 is 1. The first-order chi connectivity index (χ1) is 10.2. The van der Waals surface area contributed by atoms with Crippen LogP contribution in [0.25, 0.3) is 0 Å². The number of ether oxygens (including phenoxy) is 1. The number of carboxylic acids is 1. The number of pyridine rings is 1. The minimum atomic E-state index is -0.927. The Balaban J connectivity index is 2.08. The van der Waals surface area contributed by atoms with Gasteiger partial charge in [0.2, 0.25) is 0 Å². The van der Waals surface area contributed by atoms with Gasteiger partial charge in [0.25, 0.3) is 0 Å². The third kappa shape index (κ3) is 4.64. The van der Waals surface area contributed by atoms with Crippen molar-refractivity contribution in [2.75, 3.05) is 13.7 Å². The van der Waals surface area contributed by atoms with Gasteiger partial charge in [-0.2, -0.15) is 5.10 Å². The molecule has 112 valence electrons. The highest BCUT2D eigenvalue weighted by Gasteiger charge is 2.12. The van der Waals surface area contributed by atoms with Gasteiger partial charge in [0.15, 0.2) is 5.82 Å². The van der Waals surface area contributed by atoms with E-state index in [1.807, 2.05) is 12.1 Å². The predicted molar refractivity (Wildman–Crippen MR) is 74.9 cm³/mol. The number of aliphatic carboxylic acids is 1. The zero-order chi connectivity index (χ0) is 15.1. The topological polar surface area (TPSA) is 90.1 Å². The summed E-state index contributed by atoms with van der Waals surface area (Å²) in [5, 5.41) is 13.2. The molecular weight excluding hydrogens is 272 g/mol. The number of aromatic nitrogens is 4. The zero-order valence-electron chi connectivity index (χ0n) is 11.9. The Morgan fingerprint density at radius 2 is 2.05 bits per heavy atom. The highest BCUT2D eigenvalue weighted by atomic mass is 16.5. The molecule has 2 rings (SSSR count). The van der Waals surface area contributed by atoms with Gasteiger partial charge in [0, 0.05) is 32.3 Å². The van der Waals surface area contributed by atoms with Gasteiger partial charge >= 0.3 is 5.97 Å². The van der Waals surface area contributed by atoms with Gasteiger partial charge in [-0.15, -0.1) is 0 Å². The molecule has 2 aromatic rings. The van der Waals surface area contributed by atoms with Gasteiger partial charge in [-0.05, 0) is 24.1 Å². The number of aryl methyl sites for hydroxylation is 2. The van der Waals surface area contributed by atoms with Crippen LogP contribution in [0, 0.1) is 0 Å². The van der Waals surface area contributed by atoms with Crippen molar-refractivity contribution in [3.05, 3.63) is 41.7 Å². The molecule has 0 amide bonds. The van der Waals surface area contributed by atoms with E-state index < -0.39 is 5.97 Å². The normalized spacial score (nSPS) is 10.7. The van der Waals surface area contributed by atoms with E-state index in [0.717, 1.165) is 12.0 Å². The van der Waals surface area contributed by atoms with Crippen molar-refractivity contribution < 1.29 is 14.6 Å². The maximum absolute atomic E-state index is 10.9. The molecule has 0 radical (unpaired) electrons. The summed E-state index contributed by atoms with van der Waals surface area (Å²) in [7, 11) is 1.61. The molecule has 0 aliphatic heterocycles. The number of carbonyl (C=O) groups is 1. The minimum Gasteiger partial charge on any atom is -0.480 e. The van der Waals surface area contributed by atoms with E-state index in [9.17, 15) is 4.79 Å². The monoisotopic (exact) mass is 290 g/mol. The fourth-order valence-electron chi connectivity index (χ4n) is 1.97. The van der Waals surface area contributed by atoms with Crippen LogP contribution in [-0.2, 0) is 35.3 Å². The van der Waals surface area contributed by atoms with Crippen LogP contribution in [0.3, 0.4) is 0 Å². The number of rotatable bonds is 8. The van der Waals surface area contributed by atoms with Crippen LogP contribution in [0.15, 0.2) is 24.5 Å². The maximum Gasteiger partial charge on any atom is 0.325 e. The van der Waals surface area contributed by atoms with Crippen LogP contribution < -0.4 is 0 Å². The number of hydrogen-bond acceptors (Lipinski definition) is 5. The Morgan fingerprint density at radius 1 is 1.29 bits per heavy atom. The van der Waals surface area contributed by atoms with Gasteiger partial charge in [0.05, 0.1) is 6.61 Å². The Kier molecular flexibility index (Phi) is 5.39. The first-order valence-electron chi connectivity index (χ1n) is 6.71. The molecule has 21 heavy (non-hydrogen) atoms. The van der Waals surface area contributed by atoms with Crippen LogP contribution in [0.1, 0.15) is 17.2 Å². The third-order valence-electron chi connectivity index (χ3n) is 2.99. The van der Waals surface area contributed by atoms with Crippen LogP contribution in [0.2, 0.25) is 0 Å². The summed E-state index contributed by atoms with van der Waals surface area (Å²) in [6, 6.07) is 3.87. The Bertz CT molecular complexity index is 583. The number of carboxylic acid groups (broad SMARTS) is 1. The lowest BCUT2D eigenvalue weighted by atomic mass is 10.1. The van der Waals surface area contributed by atoms with Gasteiger partial charge in [-0.25, -0.2) is 9.67 Å². The summed E-state index contributed by atoms with van der Waals surface area (Å²) in [5.41, 5.74) is 1.13. The van der Waals surface area contributed by atoms with Crippen molar-refractivity contribution in [2.45, 2.75) is 25.8 Å². The smallest absolute Gasteiger partial charge is 0.325 e. The summed E-state index contributed by atoms with van der Waals surface area (Å²) in [4.78, 5) is 19.3. The number of hydrogen-bond donors (Lipinski definition) is 1. The molecule has 0 saturated heterocycles. The molecule has 0 spiro atoms. The minimum absolute atomic E-state index is 0.175. The molecule has 1 N–H and O–H groups in total. The lowest BCUT2D eigenvalue weighted by Crippen LogP contribution is -2.14. The molecule has 7 nitrogen and oxygen atoms in total. The Labute approximate surface area is 122 Å². The SMILES string of the molecule is COCCc1nc(CCc2ccncc2)n(CC(=O)O)n1. The standard InChI is InChI=1S/C14H18N4O3/c1-21-9-6-12-16-13(18(17-12)10-14(19)20)3-2-11-4-7-15-8-5-11/h4-5,7-8H,2-3,6,9-10H2,1H3,(H,19,20). The largest absolute Gasteiger partial charge is 0.480 e. The first-order valence-corrected chi connectivity index (χ1v) is 6.71. The molecule has 2 aromatic heterocycles. The Hall–Kier alpha value is -2.28. The fraction of sp³-hybridized carbons (Fsp3) is 0.429. The molecule has 0 unspecified atom stereocenters. The zero-order valence-corrected chi connectivity index (χ0v) is 11.9. The van der Waals surface area contributed by atoms with Crippen molar-refractivity contribution in [3.63, 3.8) is 0 Å². The highest BCUT2D eigenvalue weighted by Crippen LogP contribution is 2.06. The van der Waals surface area contributed by atoms with Crippen molar-refractivity contribution in [2.24, 2.45) is 0 Å². The summed E-state index contributed by atoms with van der Waals surface area (Å²) in [5.74, 6) is 0.367. The van der Waals surface area contributed by atoms with E-state index in [-0.39, 0.29) is 6.54 Å². The molecule has 0 aromatic carbocycles. The van der Waals surface area contributed by atoms with E-state index in [2.05, 4.69) is 15.1 Å². The van der Waals surface area contributed by atoms with E-state index in [0.29, 0.717) is 31.1 Å². The summed E-state index contributed by atoms with van der Waals surface area (Å²) < 4.78 is 6.45. The molecule has 2 heterocycles. The van der Waals surface area contributed by atoms with E-state index in [1.165, 1.54) is 4.68 Å². The molecule has 0 aliphatic carbocycles. The molecule has 0 bridgehead atoms. The van der Waals surface area contributed by atoms with Gasteiger partial charge < -0.3 is 9.84 Å². The second-order valence-corrected chi connectivity index (χ2v) is 4.59. The van der Waals surface area contributed by atoms with Gasteiger partial charge in [0.1, 0.15) is 12.4 Å². The predicted octanol–water partition coefficient (Wildman–Crippen LogP) is 0.732. The van der Waals surface area contributed by atoms with Crippen LogP contribution in [-0.4, -0.2) is 44.5 Å². The lowest BCUT2D eigenvalue weighted by Gasteiger charge is -2.03. The third-order valence-corrected chi connectivity index (χ3v) is 2.99. The van der Waals surface area contributed by atoms with E-state index >= 15 is 0 Å².